The molecular weight excluding hydrogens is 844 g/mol. The zero-order chi connectivity index (χ0) is 44.9. The molecule has 0 bridgehead atoms. The Morgan fingerprint density at radius 1 is 0.377 bits per heavy atom. The molecule has 0 aliphatic carbocycles. The van der Waals surface area contributed by atoms with E-state index in [9.17, 15) is 0 Å². The number of nitrogens with zero attached hydrogens (tertiary/aromatic N) is 4. The number of hydrogen-bond acceptors (Lipinski definition) is 5. The highest BCUT2D eigenvalue weighted by Crippen LogP contribution is 2.55. The van der Waals surface area contributed by atoms with E-state index in [0.29, 0.717) is 0 Å². The van der Waals surface area contributed by atoms with Gasteiger partial charge in [0.2, 0.25) is 0 Å². The molecular formula is C62H37BN4O2. The predicted molar refractivity (Wildman–Crippen MR) is 286 cm³/mol. The minimum absolute atomic E-state index is 0.251. The molecule has 3 aliphatic rings. The van der Waals surface area contributed by atoms with Crippen LogP contribution in [0.3, 0.4) is 0 Å². The molecule has 0 spiro atoms. The van der Waals surface area contributed by atoms with Gasteiger partial charge in [-0.25, -0.2) is 0 Å². The highest BCUT2D eigenvalue weighted by atomic mass is 16.3. The molecule has 3 aromatic heterocycles. The monoisotopic (exact) mass is 880 g/mol. The summed E-state index contributed by atoms with van der Waals surface area (Å²) in [6.45, 7) is -0.251. The number of rotatable bonds is 5. The number of fused-ring (bicyclic) bond motifs is 14. The Morgan fingerprint density at radius 3 is 1.78 bits per heavy atom. The molecule has 10 aromatic carbocycles. The lowest BCUT2D eigenvalue weighted by Crippen LogP contribution is -2.61. The summed E-state index contributed by atoms with van der Waals surface area (Å²) >= 11 is 0. The summed E-state index contributed by atoms with van der Waals surface area (Å²) in [7, 11) is 0. The normalized spacial score (nSPS) is 13.1. The van der Waals surface area contributed by atoms with Gasteiger partial charge in [0.05, 0.1) is 56.2 Å². The second-order valence-corrected chi connectivity index (χ2v) is 18.4. The van der Waals surface area contributed by atoms with Crippen LogP contribution in [0, 0.1) is 0 Å². The third-order valence-corrected chi connectivity index (χ3v) is 14.8. The van der Waals surface area contributed by atoms with Crippen LogP contribution in [0.25, 0.3) is 71.5 Å². The van der Waals surface area contributed by atoms with Crippen LogP contribution in [0.2, 0.25) is 0 Å². The molecule has 6 nitrogen and oxygen atoms in total. The Labute approximate surface area is 396 Å². The molecule has 0 N–H and O–H groups in total. The van der Waals surface area contributed by atoms with Crippen molar-refractivity contribution < 1.29 is 8.83 Å². The first-order valence-electron chi connectivity index (χ1n) is 23.6. The maximum absolute atomic E-state index is 7.44. The number of anilines is 9. The number of benzene rings is 10. The van der Waals surface area contributed by atoms with Gasteiger partial charge in [-0.05, 0) is 107 Å². The molecule has 0 fully saturated rings. The van der Waals surface area contributed by atoms with Gasteiger partial charge in [-0.3, -0.25) is 0 Å². The molecule has 0 amide bonds. The zero-order valence-corrected chi connectivity index (χ0v) is 37.0. The fourth-order valence-electron chi connectivity index (χ4n) is 12.1. The van der Waals surface area contributed by atoms with E-state index in [4.69, 9.17) is 8.83 Å². The first kappa shape index (κ1) is 37.0. The molecule has 320 valence electrons. The summed E-state index contributed by atoms with van der Waals surface area (Å²) in [6.07, 6.45) is 0. The van der Waals surface area contributed by atoms with Crippen LogP contribution in [0.1, 0.15) is 0 Å². The molecule has 0 unspecified atom stereocenters. The van der Waals surface area contributed by atoms with Gasteiger partial charge < -0.3 is 28.1 Å². The van der Waals surface area contributed by atoms with Crippen LogP contribution in [-0.4, -0.2) is 11.3 Å². The van der Waals surface area contributed by atoms with Gasteiger partial charge in [0.25, 0.3) is 6.71 Å². The molecule has 0 radical (unpaired) electrons. The van der Waals surface area contributed by atoms with E-state index in [1.165, 1.54) is 32.7 Å². The van der Waals surface area contributed by atoms with Gasteiger partial charge in [0.15, 0.2) is 0 Å². The van der Waals surface area contributed by atoms with Crippen LogP contribution in [0.15, 0.2) is 233 Å². The van der Waals surface area contributed by atoms with Gasteiger partial charge in [-0.2, -0.15) is 0 Å². The van der Waals surface area contributed by atoms with E-state index in [-0.39, 0.29) is 6.71 Å². The second kappa shape index (κ2) is 13.7. The minimum atomic E-state index is -0.251. The zero-order valence-electron chi connectivity index (χ0n) is 37.0. The summed E-state index contributed by atoms with van der Waals surface area (Å²) in [5.74, 6) is 0. The van der Waals surface area contributed by atoms with Crippen LogP contribution in [0.5, 0.6) is 0 Å². The average molecular weight is 881 g/mol. The van der Waals surface area contributed by atoms with Crippen LogP contribution in [0.4, 0.5) is 51.2 Å². The molecule has 0 saturated heterocycles. The quantitative estimate of drug-likeness (QED) is 0.161. The fourth-order valence-corrected chi connectivity index (χ4v) is 12.1. The van der Waals surface area contributed by atoms with E-state index in [0.717, 1.165) is 107 Å². The summed E-state index contributed by atoms with van der Waals surface area (Å²) < 4.78 is 16.6. The highest BCUT2D eigenvalue weighted by Gasteiger charge is 2.49. The van der Waals surface area contributed by atoms with Crippen molar-refractivity contribution >= 4 is 129 Å². The lowest BCUT2D eigenvalue weighted by Gasteiger charge is -2.45. The average Bonchev–Trinajstić information content (AvgIpc) is 4.10. The van der Waals surface area contributed by atoms with Crippen molar-refractivity contribution in [2.75, 3.05) is 14.7 Å². The topological polar surface area (TPSA) is 40.9 Å². The Hall–Kier alpha value is -9.20. The number of aromatic nitrogens is 1. The Balaban J connectivity index is 1.09. The molecule has 69 heavy (non-hydrogen) atoms. The van der Waals surface area contributed by atoms with Crippen molar-refractivity contribution in [1.82, 2.24) is 4.57 Å². The summed E-state index contributed by atoms with van der Waals surface area (Å²) in [6, 6.07) is 81.1. The first-order chi connectivity index (χ1) is 34.3. The molecule has 7 heteroatoms. The van der Waals surface area contributed by atoms with Gasteiger partial charge in [-0.1, -0.05) is 140 Å². The van der Waals surface area contributed by atoms with Crippen molar-refractivity contribution in [3.05, 3.63) is 224 Å². The Kier molecular flexibility index (Phi) is 7.33. The largest absolute Gasteiger partial charge is 0.468 e. The van der Waals surface area contributed by atoms with Crippen molar-refractivity contribution in [2.24, 2.45) is 0 Å². The molecule has 3 aliphatic heterocycles. The van der Waals surface area contributed by atoms with Gasteiger partial charge in [0, 0.05) is 44.3 Å². The lowest BCUT2D eigenvalue weighted by molar-refractivity contribution is 0.651. The first-order valence-corrected chi connectivity index (χ1v) is 23.6. The summed E-state index contributed by atoms with van der Waals surface area (Å²) in [5.41, 5.74) is 21.4. The van der Waals surface area contributed by atoms with E-state index in [1.807, 2.05) is 0 Å². The van der Waals surface area contributed by atoms with Crippen LogP contribution in [-0.2, 0) is 0 Å². The standard InChI is InChI=1S/C62H37BN4O2/c1-4-17-38(18-5-1)39-33-34-55-46(35-39)60-62(69-55)63-47-26-15-30-51-61(47)67(50-29-14-25-44-43-23-10-12-27-48(43)65(51)59(44)50)53-37-42(64(40-19-6-2-7-20-40)41-21-8-3-9-22-41)36-52(58(53)63)66(60)49-28-16-32-56-57(49)45-24-11-13-31-54(45)68-56/h1-37H. The van der Waals surface area contributed by atoms with Crippen molar-refractivity contribution in [2.45, 2.75) is 0 Å². The molecule has 0 atom stereocenters. The Bertz CT molecular complexity index is 4250. The molecule has 13 aromatic rings. The number of furan rings is 2. The van der Waals surface area contributed by atoms with E-state index in [2.05, 4.69) is 244 Å². The smallest absolute Gasteiger partial charge is 0.297 e. The van der Waals surface area contributed by atoms with E-state index < -0.39 is 0 Å². The second-order valence-electron chi connectivity index (χ2n) is 18.4. The van der Waals surface area contributed by atoms with Gasteiger partial charge >= 0.3 is 0 Å². The van der Waals surface area contributed by atoms with Crippen molar-refractivity contribution in [3.63, 3.8) is 0 Å². The third-order valence-electron chi connectivity index (χ3n) is 14.8. The van der Waals surface area contributed by atoms with Crippen molar-refractivity contribution in [3.8, 4) is 16.8 Å². The third kappa shape index (κ3) is 4.95. The van der Waals surface area contributed by atoms with Gasteiger partial charge in [0.1, 0.15) is 16.7 Å². The van der Waals surface area contributed by atoms with Crippen LogP contribution < -0.4 is 31.3 Å². The maximum Gasteiger partial charge on any atom is 0.297 e. The number of para-hydroxylation sites is 6. The molecule has 6 heterocycles. The lowest BCUT2D eigenvalue weighted by atomic mass is 9.35. The maximum atomic E-state index is 7.44. The fraction of sp³-hybridized carbons (Fsp3) is 0. The summed E-state index contributed by atoms with van der Waals surface area (Å²) in [4.78, 5) is 7.47. The number of hydrogen-bond donors (Lipinski definition) is 0. The van der Waals surface area contributed by atoms with Gasteiger partial charge in [-0.15, -0.1) is 0 Å². The van der Waals surface area contributed by atoms with Crippen molar-refractivity contribution in [1.29, 1.82) is 0 Å². The molecule has 0 saturated carbocycles. The van der Waals surface area contributed by atoms with E-state index >= 15 is 0 Å². The predicted octanol–water partition coefficient (Wildman–Crippen LogP) is 15.0. The highest BCUT2D eigenvalue weighted by molar-refractivity contribution is 7.00. The summed E-state index contributed by atoms with van der Waals surface area (Å²) in [5, 5.41) is 5.64. The minimum Gasteiger partial charge on any atom is -0.468 e. The molecule has 16 rings (SSSR count). The van der Waals surface area contributed by atoms with Crippen LogP contribution >= 0.6 is 0 Å². The Morgan fingerprint density at radius 2 is 0.986 bits per heavy atom. The van der Waals surface area contributed by atoms with E-state index in [1.54, 1.807) is 0 Å². The SMILES string of the molecule is c1ccc(-c2ccc3oc4c(c3c2)N(c2cccc3oc5ccccc5c23)c2cc(N(c3ccccc3)c3ccccc3)cc3c2B4c2cccc4c2N3c2cccc3c5ccccc5n-4c23)cc1.